The first-order chi connectivity index (χ1) is 7.66. The third-order valence-corrected chi connectivity index (χ3v) is 2.61. The average Bonchev–Trinajstić information content (AvgIpc) is 2.69. The molecular weight excluding hydrogens is 282 g/mol. The summed E-state index contributed by atoms with van der Waals surface area (Å²) in [6, 6.07) is 8.14. The minimum Gasteiger partial charge on any atom is -0.464 e. The Hall–Kier alpha value is -1.36. The van der Waals surface area contributed by atoms with E-state index in [0.717, 1.165) is 5.56 Å². The Labute approximate surface area is 99.0 Å². The van der Waals surface area contributed by atoms with Crippen molar-refractivity contribution < 1.29 is 17.9 Å². The van der Waals surface area contributed by atoms with Crippen molar-refractivity contribution in [2.75, 3.05) is 0 Å². The Morgan fingerprint density at radius 2 is 2.06 bits per heavy atom. The van der Waals surface area contributed by atoms with Crippen LogP contribution in [0, 0.1) is 0 Å². The van der Waals surface area contributed by atoms with Crippen LogP contribution < -0.4 is 4.74 Å². The first-order valence-corrected chi connectivity index (χ1v) is 5.24. The maximum absolute atomic E-state index is 12.0. The van der Waals surface area contributed by atoms with Gasteiger partial charge in [0.1, 0.15) is 11.5 Å². The molecule has 0 bridgehead atoms. The van der Waals surface area contributed by atoms with Crippen molar-refractivity contribution in [3.8, 4) is 17.1 Å². The molecule has 2 nitrogen and oxygen atoms in total. The third-order valence-electron chi connectivity index (χ3n) is 1.95. The number of halogens is 3. The van der Waals surface area contributed by atoms with Gasteiger partial charge in [-0.25, -0.2) is 0 Å². The highest BCUT2D eigenvalue weighted by atomic mass is 79.9. The van der Waals surface area contributed by atoms with Crippen molar-refractivity contribution in [2.45, 2.75) is 6.61 Å². The van der Waals surface area contributed by atoms with E-state index in [9.17, 15) is 8.78 Å². The van der Waals surface area contributed by atoms with E-state index in [4.69, 9.17) is 4.42 Å². The predicted octanol–water partition coefficient (Wildman–Crippen LogP) is 4.31. The first kappa shape index (κ1) is 11.1. The molecular formula is C11H7BrF2O2. The van der Waals surface area contributed by atoms with Gasteiger partial charge in [0.15, 0.2) is 0 Å². The monoisotopic (exact) mass is 288 g/mol. The van der Waals surface area contributed by atoms with E-state index in [-0.39, 0.29) is 5.75 Å². The molecule has 0 aliphatic rings. The first-order valence-electron chi connectivity index (χ1n) is 4.45. The summed E-state index contributed by atoms with van der Waals surface area (Å²) >= 11 is 3.27. The molecule has 0 saturated heterocycles. The number of rotatable bonds is 3. The van der Waals surface area contributed by atoms with Crippen LogP contribution in [-0.4, -0.2) is 6.61 Å². The topological polar surface area (TPSA) is 22.4 Å². The van der Waals surface area contributed by atoms with E-state index < -0.39 is 6.61 Å². The lowest BCUT2D eigenvalue weighted by atomic mass is 10.2. The minimum absolute atomic E-state index is 0.109. The summed E-state index contributed by atoms with van der Waals surface area (Å²) in [5.41, 5.74) is 0.784. The van der Waals surface area contributed by atoms with Gasteiger partial charge in [-0.05, 0) is 46.3 Å². The van der Waals surface area contributed by atoms with Crippen LogP contribution in [0.25, 0.3) is 11.3 Å². The molecule has 84 valence electrons. The Balaban J connectivity index is 2.30. The van der Waals surface area contributed by atoms with Gasteiger partial charge in [0.2, 0.25) is 0 Å². The van der Waals surface area contributed by atoms with Gasteiger partial charge >= 0.3 is 6.61 Å². The highest BCUT2D eigenvalue weighted by Crippen LogP contribution is 2.32. The fourth-order valence-corrected chi connectivity index (χ4v) is 1.86. The summed E-state index contributed by atoms with van der Waals surface area (Å²) in [6.45, 7) is -2.82. The van der Waals surface area contributed by atoms with E-state index in [2.05, 4.69) is 20.7 Å². The zero-order valence-corrected chi connectivity index (χ0v) is 9.58. The van der Waals surface area contributed by atoms with Gasteiger partial charge in [0.05, 0.1) is 6.26 Å². The van der Waals surface area contributed by atoms with E-state index in [1.54, 1.807) is 24.5 Å². The third kappa shape index (κ3) is 2.41. The molecule has 2 rings (SSSR count). The Bertz CT molecular complexity index is 469. The molecule has 0 aliphatic carbocycles. The van der Waals surface area contributed by atoms with Crippen molar-refractivity contribution >= 4 is 15.9 Å². The molecule has 16 heavy (non-hydrogen) atoms. The summed E-state index contributed by atoms with van der Waals surface area (Å²) < 4.78 is 34.1. The molecule has 0 saturated carbocycles. The quantitative estimate of drug-likeness (QED) is 0.840. The number of furan rings is 1. The van der Waals surface area contributed by atoms with E-state index in [0.29, 0.717) is 10.2 Å². The molecule has 2 aromatic rings. The molecule has 1 aromatic carbocycles. The van der Waals surface area contributed by atoms with Crippen LogP contribution in [-0.2, 0) is 0 Å². The number of hydrogen-bond acceptors (Lipinski definition) is 2. The van der Waals surface area contributed by atoms with E-state index in [1.165, 1.54) is 12.1 Å². The maximum atomic E-state index is 12.0. The Morgan fingerprint density at radius 1 is 1.25 bits per heavy atom. The smallest absolute Gasteiger partial charge is 0.387 e. The second-order valence-corrected chi connectivity index (χ2v) is 3.85. The van der Waals surface area contributed by atoms with Gasteiger partial charge in [-0.15, -0.1) is 0 Å². The fourth-order valence-electron chi connectivity index (χ4n) is 1.30. The lowest BCUT2D eigenvalue weighted by Crippen LogP contribution is -2.01. The Morgan fingerprint density at radius 3 is 2.62 bits per heavy atom. The highest BCUT2D eigenvalue weighted by molar-refractivity contribution is 9.10. The molecule has 0 amide bonds. The van der Waals surface area contributed by atoms with E-state index >= 15 is 0 Å². The molecule has 5 heteroatoms. The molecule has 0 aliphatic heterocycles. The van der Waals surface area contributed by atoms with Crippen LogP contribution in [0.5, 0.6) is 5.75 Å². The summed E-state index contributed by atoms with van der Waals surface area (Å²) in [5.74, 6) is 0.771. The lowest BCUT2D eigenvalue weighted by Gasteiger charge is -2.06. The predicted molar refractivity (Wildman–Crippen MR) is 58.5 cm³/mol. The second-order valence-electron chi connectivity index (χ2n) is 3.00. The van der Waals surface area contributed by atoms with Gasteiger partial charge in [-0.2, -0.15) is 8.78 Å². The molecule has 0 N–H and O–H groups in total. The van der Waals surface area contributed by atoms with Gasteiger partial charge in [0.25, 0.3) is 0 Å². The van der Waals surface area contributed by atoms with Crippen molar-refractivity contribution in [1.82, 2.24) is 0 Å². The summed E-state index contributed by atoms with van der Waals surface area (Å²) in [4.78, 5) is 0. The normalized spacial score (nSPS) is 10.8. The van der Waals surface area contributed by atoms with Crippen molar-refractivity contribution in [2.24, 2.45) is 0 Å². The number of ether oxygens (including phenoxy) is 1. The van der Waals surface area contributed by atoms with Crippen molar-refractivity contribution in [3.63, 3.8) is 0 Å². The van der Waals surface area contributed by atoms with Gasteiger partial charge in [0, 0.05) is 10.0 Å². The minimum atomic E-state index is -2.82. The van der Waals surface area contributed by atoms with Crippen LogP contribution in [0.2, 0.25) is 0 Å². The van der Waals surface area contributed by atoms with Crippen molar-refractivity contribution in [1.29, 1.82) is 0 Å². The van der Waals surface area contributed by atoms with Crippen molar-refractivity contribution in [3.05, 3.63) is 41.1 Å². The average molecular weight is 289 g/mol. The summed E-state index contributed by atoms with van der Waals surface area (Å²) in [7, 11) is 0. The van der Waals surface area contributed by atoms with Crippen LogP contribution in [0.4, 0.5) is 8.78 Å². The van der Waals surface area contributed by atoms with Gasteiger partial charge in [-0.3, -0.25) is 0 Å². The largest absolute Gasteiger partial charge is 0.464 e. The molecule has 1 aromatic heterocycles. The van der Waals surface area contributed by atoms with Gasteiger partial charge in [-0.1, -0.05) is 0 Å². The number of benzene rings is 1. The fraction of sp³-hybridized carbons (Fsp3) is 0.0909. The molecule has 0 unspecified atom stereocenters. The summed E-state index contributed by atoms with van der Waals surface area (Å²) in [5, 5.41) is 0. The molecule has 0 radical (unpaired) electrons. The number of hydrogen-bond donors (Lipinski definition) is 0. The highest BCUT2D eigenvalue weighted by Gasteiger charge is 2.09. The second kappa shape index (κ2) is 4.65. The molecule has 0 atom stereocenters. The number of alkyl halides is 2. The zero-order valence-electron chi connectivity index (χ0n) is 7.99. The van der Waals surface area contributed by atoms with Crippen LogP contribution in [0.15, 0.2) is 45.5 Å². The van der Waals surface area contributed by atoms with Crippen LogP contribution in [0.3, 0.4) is 0 Å². The van der Waals surface area contributed by atoms with E-state index in [1.807, 2.05) is 0 Å². The molecule has 0 spiro atoms. The van der Waals surface area contributed by atoms with Crippen LogP contribution in [0.1, 0.15) is 0 Å². The molecule has 0 fully saturated rings. The maximum Gasteiger partial charge on any atom is 0.387 e. The lowest BCUT2D eigenvalue weighted by molar-refractivity contribution is -0.0498. The van der Waals surface area contributed by atoms with Crippen LogP contribution >= 0.6 is 15.9 Å². The standard InChI is InChI=1S/C11H7BrF2O2/c12-9-6-7(16-11(13)14)3-4-8(9)10-2-1-5-15-10/h1-6,11H. The molecule has 1 heterocycles. The van der Waals surface area contributed by atoms with Gasteiger partial charge < -0.3 is 9.15 Å². The zero-order chi connectivity index (χ0) is 11.5. The Kier molecular flexibility index (Phi) is 3.24. The summed E-state index contributed by atoms with van der Waals surface area (Å²) in [6.07, 6.45) is 1.55. The SMILES string of the molecule is FC(F)Oc1ccc(-c2ccco2)c(Br)c1.